The number of hydrazine groups is 1. The van der Waals surface area contributed by atoms with Gasteiger partial charge in [0.05, 0.1) is 17.5 Å². The lowest BCUT2D eigenvalue weighted by Crippen LogP contribution is -2.35. The Morgan fingerprint density at radius 3 is 2.45 bits per heavy atom. The van der Waals surface area contributed by atoms with E-state index in [9.17, 15) is 4.79 Å². The van der Waals surface area contributed by atoms with Gasteiger partial charge >= 0.3 is 0 Å². The van der Waals surface area contributed by atoms with Gasteiger partial charge in [0.25, 0.3) is 5.91 Å². The molecule has 0 aliphatic heterocycles. The summed E-state index contributed by atoms with van der Waals surface area (Å²) in [5, 5.41) is 0. The monoisotopic (exact) mass is 270 g/mol. The van der Waals surface area contributed by atoms with Crippen LogP contribution in [-0.2, 0) is 0 Å². The molecule has 2 N–H and O–H groups in total. The average Bonchev–Trinajstić information content (AvgIpc) is 2.85. The van der Waals surface area contributed by atoms with E-state index in [1.807, 2.05) is 25.1 Å². The van der Waals surface area contributed by atoms with Gasteiger partial charge in [-0.3, -0.25) is 15.6 Å². The lowest BCUT2D eigenvalue weighted by molar-refractivity contribution is 0.0941. The van der Waals surface area contributed by atoms with Crippen molar-refractivity contribution < 1.29 is 9.21 Å². The van der Waals surface area contributed by atoms with Gasteiger partial charge in [-0.05, 0) is 49.6 Å². The Hall–Kier alpha value is -2.49. The number of amides is 1. The van der Waals surface area contributed by atoms with Crippen LogP contribution in [0.1, 0.15) is 32.8 Å². The molecule has 0 saturated carbocycles. The number of benzene rings is 1. The molecule has 0 radical (unpaired) electrons. The van der Waals surface area contributed by atoms with Gasteiger partial charge in [0.15, 0.2) is 0 Å². The van der Waals surface area contributed by atoms with E-state index in [2.05, 4.69) is 24.4 Å². The number of rotatable bonds is 4. The van der Waals surface area contributed by atoms with Crippen LogP contribution in [0.3, 0.4) is 0 Å². The molecule has 0 bridgehead atoms. The van der Waals surface area contributed by atoms with Gasteiger partial charge in [-0.1, -0.05) is 18.7 Å². The molecule has 104 valence electrons. The number of carbonyl (C=O) groups is 1. The first-order valence-electron chi connectivity index (χ1n) is 6.36. The Bertz CT molecular complexity index is 656. The summed E-state index contributed by atoms with van der Waals surface area (Å²) in [5.74, 6) is 0.335. The van der Waals surface area contributed by atoms with Gasteiger partial charge in [-0.25, -0.2) is 0 Å². The standard InChI is InChI=1S/C16H18N2O2/c1-10-5-6-14(9-11(10)2)12(3)17-18-16(19)15-7-8-20-13(15)4/h5-9,17H,3H2,1-2,4H3,(H,18,19). The second-order valence-corrected chi connectivity index (χ2v) is 4.75. The zero-order valence-electron chi connectivity index (χ0n) is 11.9. The molecular formula is C16H18N2O2. The van der Waals surface area contributed by atoms with Gasteiger partial charge in [0, 0.05) is 0 Å². The van der Waals surface area contributed by atoms with Crippen LogP contribution in [0.25, 0.3) is 5.70 Å². The van der Waals surface area contributed by atoms with Gasteiger partial charge in [0.1, 0.15) is 5.76 Å². The van der Waals surface area contributed by atoms with E-state index in [1.54, 1.807) is 13.0 Å². The summed E-state index contributed by atoms with van der Waals surface area (Å²) in [6.07, 6.45) is 1.49. The molecule has 0 spiro atoms. The number of nitrogens with one attached hydrogen (secondary N) is 2. The minimum absolute atomic E-state index is 0.249. The van der Waals surface area contributed by atoms with Crippen LogP contribution in [0.5, 0.6) is 0 Å². The van der Waals surface area contributed by atoms with Gasteiger partial charge in [-0.15, -0.1) is 0 Å². The highest BCUT2D eigenvalue weighted by Crippen LogP contribution is 2.14. The molecule has 2 aromatic rings. The van der Waals surface area contributed by atoms with Crippen LogP contribution in [0, 0.1) is 20.8 Å². The van der Waals surface area contributed by atoms with Crippen molar-refractivity contribution in [2.24, 2.45) is 0 Å². The molecule has 0 atom stereocenters. The summed E-state index contributed by atoms with van der Waals surface area (Å²) in [7, 11) is 0. The van der Waals surface area contributed by atoms with E-state index >= 15 is 0 Å². The highest BCUT2D eigenvalue weighted by molar-refractivity contribution is 5.95. The van der Waals surface area contributed by atoms with Gasteiger partial charge < -0.3 is 4.42 Å². The van der Waals surface area contributed by atoms with Crippen molar-refractivity contribution in [1.82, 2.24) is 10.9 Å². The number of aryl methyl sites for hydroxylation is 3. The highest BCUT2D eigenvalue weighted by Gasteiger charge is 2.11. The molecule has 0 unspecified atom stereocenters. The molecule has 1 amide bonds. The molecule has 4 heteroatoms. The maximum atomic E-state index is 11.9. The number of carbonyl (C=O) groups excluding carboxylic acids is 1. The quantitative estimate of drug-likeness (QED) is 0.839. The van der Waals surface area contributed by atoms with Crippen LogP contribution in [0.2, 0.25) is 0 Å². The first kappa shape index (κ1) is 13.9. The minimum atomic E-state index is -0.249. The minimum Gasteiger partial charge on any atom is -0.469 e. The number of hydrogen-bond donors (Lipinski definition) is 2. The van der Waals surface area contributed by atoms with E-state index in [1.165, 1.54) is 17.4 Å². The molecule has 0 saturated heterocycles. The Morgan fingerprint density at radius 2 is 1.85 bits per heavy atom. The van der Waals surface area contributed by atoms with E-state index in [-0.39, 0.29) is 5.91 Å². The molecule has 0 aliphatic rings. The van der Waals surface area contributed by atoms with Crippen molar-refractivity contribution in [2.75, 3.05) is 0 Å². The fourth-order valence-corrected chi connectivity index (χ4v) is 1.82. The third-order valence-corrected chi connectivity index (χ3v) is 3.29. The first-order chi connectivity index (χ1) is 9.49. The van der Waals surface area contributed by atoms with E-state index in [0.29, 0.717) is 17.0 Å². The fourth-order valence-electron chi connectivity index (χ4n) is 1.82. The molecule has 1 aromatic heterocycles. The zero-order chi connectivity index (χ0) is 14.7. The maximum absolute atomic E-state index is 11.9. The third kappa shape index (κ3) is 2.91. The summed E-state index contributed by atoms with van der Waals surface area (Å²) in [4.78, 5) is 11.9. The van der Waals surface area contributed by atoms with E-state index < -0.39 is 0 Å². The second-order valence-electron chi connectivity index (χ2n) is 4.75. The molecule has 0 aliphatic carbocycles. The fraction of sp³-hybridized carbons (Fsp3) is 0.188. The van der Waals surface area contributed by atoms with Crippen molar-refractivity contribution in [3.8, 4) is 0 Å². The SMILES string of the molecule is C=C(NNC(=O)c1ccoc1C)c1ccc(C)c(C)c1. The summed E-state index contributed by atoms with van der Waals surface area (Å²) in [6.45, 7) is 9.76. The molecule has 4 nitrogen and oxygen atoms in total. The molecule has 0 fully saturated rings. The average molecular weight is 270 g/mol. The lowest BCUT2D eigenvalue weighted by Gasteiger charge is -2.12. The molecule has 20 heavy (non-hydrogen) atoms. The maximum Gasteiger partial charge on any atom is 0.273 e. The number of furan rings is 1. The lowest BCUT2D eigenvalue weighted by atomic mass is 10.1. The van der Waals surface area contributed by atoms with Crippen LogP contribution < -0.4 is 10.9 Å². The normalized spacial score (nSPS) is 10.2. The largest absolute Gasteiger partial charge is 0.469 e. The Morgan fingerprint density at radius 1 is 1.10 bits per heavy atom. The van der Waals surface area contributed by atoms with Crippen LogP contribution in [0.4, 0.5) is 0 Å². The first-order valence-corrected chi connectivity index (χ1v) is 6.36. The van der Waals surface area contributed by atoms with Crippen LogP contribution in [0.15, 0.2) is 41.5 Å². The Balaban J connectivity index is 2.00. The smallest absolute Gasteiger partial charge is 0.273 e. The number of hydrogen-bond acceptors (Lipinski definition) is 3. The predicted molar refractivity (Wildman–Crippen MR) is 79.0 cm³/mol. The summed E-state index contributed by atoms with van der Waals surface area (Å²) < 4.78 is 5.09. The Labute approximate surface area is 118 Å². The second kappa shape index (κ2) is 5.65. The van der Waals surface area contributed by atoms with Crippen molar-refractivity contribution in [3.05, 3.63) is 65.1 Å². The molecule has 1 heterocycles. The molecule has 1 aromatic carbocycles. The van der Waals surface area contributed by atoms with Crippen molar-refractivity contribution in [3.63, 3.8) is 0 Å². The van der Waals surface area contributed by atoms with Crippen molar-refractivity contribution >= 4 is 11.6 Å². The van der Waals surface area contributed by atoms with Gasteiger partial charge in [-0.2, -0.15) is 0 Å². The van der Waals surface area contributed by atoms with Crippen molar-refractivity contribution in [2.45, 2.75) is 20.8 Å². The summed E-state index contributed by atoms with van der Waals surface area (Å²) >= 11 is 0. The molecular weight excluding hydrogens is 252 g/mol. The summed E-state index contributed by atoms with van der Waals surface area (Å²) in [6, 6.07) is 7.65. The van der Waals surface area contributed by atoms with Crippen molar-refractivity contribution in [1.29, 1.82) is 0 Å². The van der Waals surface area contributed by atoms with Gasteiger partial charge in [0.2, 0.25) is 0 Å². The zero-order valence-corrected chi connectivity index (χ0v) is 11.9. The van der Waals surface area contributed by atoms with E-state index in [4.69, 9.17) is 4.42 Å². The molecule has 2 rings (SSSR count). The third-order valence-electron chi connectivity index (χ3n) is 3.29. The van der Waals surface area contributed by atoms with Crippen LogP contribution in [-0.4, -0.2) is 5.91 Å². The topological polar surface area (TPSA) is 54.3 Å². The Kier molecular flexibility index (Phi) is 3.94. The summed E-state index contributed by atoms with van der Waals surface area (Å²) in [5.41, 5.74) is 9.93. The van der Waals surface area contributed by atoms with E-state index in [0.717, 1.165) is 5.56 Å². The highest BCUT2D eigenvalue weighted by atomic mass is 16.3. The van der Waals surface area contributed by atoms with Crippen LogP contribution >= 0.6 is 0 Å². The predicted octanol–water partition coefficient (Wildman–Crippen LogP) is 3.11.